The third kappa shape index (κ3) is 5.73. The van der Waals surface area contributed by atoms with Crippen LogP contribution in [-0.2, 0) is 9.47 Å². The van der Waals surface area contributed by atoms with Crippen LogP contribution in [0.2, 0.25) is 5.02 Å². The molecule has 50 heavy (non-hydrogen) atoms. The fourth-order valence-electron chi connectivity index (χ4n) is 8.57. The Balaban J connectivity index is 1.28. The van der Waals surface area contributed by atoms with Crippen LogP contribution in [0.5, 0.6) is 11.9 Å². The fourth-order valence-corrected chi connectivity index (χ4v) is 8.77. The highest BCUT2D eigenvalue weighted by Gasteiger charge is 2.51. The van der Waals surface area contributed by atoms with Gasteiger partial charge in [-0.05, 0) is 57.7 Å². The van der Waals surface area contributed by atoms with E-state index in [1.54, 1.807) is 31.0 Å². The Morgan fingerprint density at radius 2 is 2.02 bits per heavy atom. The summed E-state index contributed by atoms with van der Waals surface area (Å²) in [5.74, 6) is -0.360. The number of halogens is 2. The second kappa shape index (κ2) is 13.0. The Hall–Kier alpha value is -3.40. The predicted molar refractivity (Wildman–Crippen MR) is 184 cm³/mol. The molecule has 1 saturated carbocycles. The summed E-state index contributed by atoms with van der Waals surface area (Å²) < 4.78 is 41.0. The zero-order valence-corrected chi connectivity index (χ0v) is 29.3. The SMILES string of the molecule is COc1nc(-c2c(C)c(Cl)cc3[nH]ncc23)c(F)c2nc(OC[C@]34CCC[C@H]3N(C3COC3)CCC4)nc(N3C[C@H](CO)OC[C@@](C)(O)C3)c12. The van der Waals surface area contributed by atoms with Gasteiger partial charge in [0, 0.05) is 34.0 Å². The normalized spacial score (nSPS) is 27.8. The molecule has 0 bridgehead atoms. The summed E-state index contributed by atoms with van der Waals surface area (Å²) in [6, 6.07) is 2.55. The van der Waals surface area contributed by atoms with Crippen LogP contribution in [0.3, 0.4) is 0 Å². The first kappa shape index (κ1) is 33.7. The van der Waals surface area contributed by atoms with Crippen LogP contribution in [0, 0.1) is 18.2 Å². The predicted octanol–water partition coefficient (Wildman–Crippen LogP) is 4.04. The van der Waals surface area contributed by atoms with E-state index in [0.717, 1.165) is 51.9 Å². The number of likely N-dealkylation sites (tertiary alicyclic amines) is 1. The van der Waals surface area contributed by atoms with Gasteiger partial charge < -0.3 is 34.1 Å². The first-order valence-electron chi connectivity index (χ1n) is 17.4. The highest BCUT2D eigenvalue weighted by molar-refractivity contribution is 6.33. The average molecular weight is 712 g/mol. The molecule has 13 nitrogen and oxygen atoms in total. The van der Waals surface area contributed by atoms with Gasteiger partial charge in [0.05, 0.1) is 70.5 Å². The lowest BCUT2D eigenvalue weighted by molar-refractivity contribution is -0.115. The lowest BCUT2D eigenvalue weighted by Gasteiger charge is -2.51. The monoisotopic (exact) mass is 711 g/mol. The number of methoxy groups -OCH3 is 1. The van der Waals surface area contributed by atoms with E-state index in [2.05, 4.69) is 15.1 Å². The number of ether oxygens (including phenoxy) is 4. The summed E-state index contributed by atoms with van der Waals surface area (Å²) in [7, 11) is 1.45. The molecule has 3 N–H and O–H groups in total. The Kier molecular flexibility index (Phi) is 8.75. The summed E-state index contributed by atoms with van der Waals surface area (Å²) in [4.78, 5) is 18.7. The molecule has 268 valence electrons. The number of β-amino-alcohol motifs (C(OH)–C–C–N with tert-alkyl or cyclic N) is 1. The number of rotatable bonds is 8. The van der Waals surface area contributed by atoms with E-state index in [9.17, 15) is 10.2 Å². The molecule has 0 radical (unpaired) electrons. The van der Waals surface area contributed by atoms with Crippen LogP contribution in [0.25, 0.3) is 33.1 Å². The van der Waals surface area contributed by atoms with Crippen LogP contribution < -0.4 is 14.4 Å². The minimum Gasteiger partial charge on any atom is -0.480 e. The second-order valence-electron chi connectivity index (χ2n) is 14.6. The largest absolute Gasteiger partial charge is 0.480 e. The van der Waals surface area contributed by atoms with Gasteiger partial charge in [0.25, 0.3) is 0 Å². The van der Waals surface area contributed by atoms with E-state index >= 15 is 4.39 Å². The number of aromatic nitrogens is 5. The van der Waals surface area contributed by atoms with Gasteiger partial charge in [0.15, 0.2) is 5.82 Å². The first-order chi connectivity index (χ1) is 24.1. The molecule has 1 aliphatic carbocycles. The van der Waals surface area contributed by atoms with Crippen molar-refractivity contribution in [3.63, 3.8) is 0 Å². The van der Waals surface area contributed by atoms with Crippen molar-refractivity contribution in [1.29, 1.82) is 0 Å². The number of pyridine rings is 1. The van der Waals surface area contributed by atoms with E-state index < -0.39 is 17.5 Å². The highest BCUT2D eigenvalue weighted by Crippen LogP contribution is 2.49. The number of aliphatic hydroxyl groups excluding tert-OH is 1. The summed E-state index contributed by atoms with van der Waals surface area (Å²) in [6.07, 6.45) is 6.29. The Labute approximate surface area is 294 Å². The molecule has 4 atom stereocenters. The molecule has 8 rings (SSSR count). The van der Waals surface area contributed by atoms with Crippen LogP contribution in [0.1, 0.15) is 44.6 Å². The quantitative estimate of drug-likeness (QED) is 0.242. The third-order valence-corrected chi connectivity index (χ3v) is 11.5. The topological polar surface area (TPSA) is 151 Å². The maximum atomic E-state index is 17.2. The number of nitrogens with zero attached hydrogens (tertiary/aromatic N) is 6. The minimum absolute atomic E-state index is 0.00379. The summed E-state index contributed by atoms with van der Waals surface area (Å²) in [5.41, 5.74) is 0.267. The van der Waals surface area contributed by atoms with E-state index in [0.29, 0.717) is 45.7 Å². The van der Waals surface area contributed by atoms with Gasteiger partial charge in [-0.15, -0.1) is 0 Å². The molecule has 3 aliphatic heterocycles. The molecule has 6 heterocycles. The number of hydrogen-bond donors (Lipinski definition) is 3. The summed E-state index contributed by atoms with van der Waals surface area (Å²) in [5, 5.41) is 29.7. The Morgan fingerprint density at radius 3 is 2.78 bits per heavy atom. The maximum Gasteiger partial charge on any atom is 0.319 e. The van der Waals surface area contributed by atoms with Crippen molar-refractivity contribution in [1.82, 2.24) is 30.0 Å². The molecule has 4 aliphatic rings. The smallest absolute Gasteiger partial charge is 0.319 e. The van der Waals surface area contributed by atoms with Crippen molar-refractivity contribution < 1.29 is 33.6 Å². The van der Waals surface area contributed by atoms with E-state index in [4.69, 9.17) is 45.5 Å². The van der Waals surface area contributed by atoms with Gasteiger partial charge in [0.1, 0.15) is 28.0 Å². The Morgan fingerprint density at radius 1 is 1.20 bits per heavy atom. The average Bonchev–Trinajstić information content (AvgIpc) is 3.69. The zero-order valence-electron chi connectivity index (χ0n) is 28.5. The number of piperidine rings is 1. The van der Waals surface area contributed by atoms with Crippen molar-refractivity contribution in [2.24, 2.45) is 5.41 Å². The third-order valence-electron chi connectivity index (χ3n) is 11.1. The Bertz CT molecular complexity index is 1920. The molecule has 0 spiro atoms. The number of hydrogen-bond acceptors (Lipinski definition) is 12. The molecular weight excluding hydrogens is 669 g/mol. The van der Waals surface area contributed by atoms with Gasteiger partial charge in [0.2, 0.25) is 5.88 Å². The number of aliphatic hydroxyl groups is 2. The van der Waals surface area contributed by atoms with Gasteiger partial charge in [-0.25, -0.2) is 9.37 Å². The van der Waals surface area contributed by atoms with E-state index in [1.165, 1.54) is 7.11 Å². The van der Waals surface area contributed by atoms with Gasteiger partial charge in [-0.1, -0.05) is 18.0 Å². The number of aromatic amines is 1. The summed E-state index contributed by atoms with van der Waals surface area (Å²) >= 11 is 6.62. The second-order valence-corrected chi connectivity index (χ2v) is 15.0. The molecule has 0 amide bonds. The van der Waals surface area contributed by atoms with Gasteiger partial charge in [-0.2, -0.15) is 15.1 Å². The number of benzene rings is 1. The molecule has 3 saturated heterocycles. The number of H-pyrrole nitrogens is 1. The van der Waals surface area contributed by atoms with Crippen molar-refractivity contribution in [2.45, 2.75) is 69.7 Å². The number of fused-ring (bicyclic) bond motifs is 3. The molecule has 4 fully saturated rings. The fraction of sp³-hybridized carbons (Fsp3) is 0.600. The molecule has 15 heteroatoms. The first-order valence-corrected chi connectivity index (χ1v) is 17.7. The molecule has 3 aromatic heterocycles. The van der Waals surface area contributed by atoms with Gasteiger partial charge in [-0.3, -0.25) is 10.00 Å². The van der Waals surface area contributed by atoms with Crippen molar-refractivity contribution in [3.8, 4) is 23.1 Å². The minimum atomic E-state index is -1.31. The summed E-state index contributed by atoms with van der Waals surface area (Å²) in [6.45, 7) is 6.36. The maximum absolute atomic E-state index is 17.2. The molecular formula is C35H43ClFN7O6. The van der Waals surface area contributed by atoms with Crippen LogP contribution in [0.15, 0.2) is 12.3 Å². The highest BCUT2D eigenvalue weighted by atomic mass is 35.5. The molecule has 0 unspecified atom stereocenters. The van der Waals surface area contributed by atoms with Crippen molar-refractivity contribution >= 4 is 39.2 Å². The molecule has 4 aromatic rings. The van der Waals surface area contributed by atoms with E-state index in [1.807, 2.05) is 0 Å². The zero-order chi connectivity index (χ0) is 34.8. The van der Waals surface area contributed by atoms with Crippen LogP contribution >= 0.6 is 11.6 Å². The number of anilines is 1. The van der Waals surface area contributed by atoms with Crippen molar-refractivity contribution in [3.05, 3.63) is 28.7 Å². The lowest BCUT2D eigenvalue weighted by Crippen LogP contribution is -2.60. The van der Waals surface area contributed by atoms with E-state index in [-0.39, 0.29) is 66.0 Å². The van der Waals surface area contributed by atoms with Gasteiger partial charge >= 0.3 is 6.01 Å². The molecule has 1 aromatic carbocycles. The number of nitrogens with one attached hydrogen (secondary N) is 1. The van der Waals surface area contributed by atoms with Crippen molar-refractivity contribution in [2.75, 3.05) is 64.7 Å². The lowest BCUT2D eigenvalue weighted by atomic mass is 9.75. The van der Waals surface area contributed by atoms with Crippen LogP contribution in [-0.4, -0.2) is 124 Å². The standard InChI is InChI=1S/C35H43ClFN7O6/c1-19-23(36)10-24-22(11-38-42-24)26(19)29-28(37)30-27(32(39-29)47-3)31(43-12-21(13-45)49-17-34(2,46)16-43)41-33(40-30)50-18-35-7-4-6-25(35)44(9-5-8-35)20-14-48-15-20/h10-11,20-21,25,45-46H,4-9,12-18H2,1-3H3,(H,38,42)/t21-,25-,34+,35-/m1/s1. The van der Waals surface area contributed by atoms with Crippen LogP contribution in [0.4, 0.5) is 10.2 Å².